The molecule has 0 N–H and O–H groups in total. The summed E-state index contributed by atoms with van der Waals surface area (Å²) in [6.45, 7) is 41.1. The van der Waals surface area contributed by atoms with Crippen LogP contribution in [0.4, 0.5) is 11.4 Å². The van der Waals surface area contributed by atoms with Gasteiger partial charge in [0.05, 0.1) is 43.3 Å². The van der Waals surface area contributed by atoms with E-state index in [1.165, 1.54) is 9.80 Å². The van der Waals surface area contributed by atoms with Crippen molar-refractivity contribution < 1.29 is 95.3 Å². The minimum Gasteiger partial charge on any atom is -0.462 e. The van der Waals surface area contributed by atoms with Crippen molar-refractivity contribution in [2.75, 3.05) is 36.1 Å². The van der Waals surface area contributed by atoms with Crippen LogP contribution in [0.2, 0.25) is 0 Å². The molecule has 0 radical (unpaired) electrons. The van der Waals surface area contributed by atoms with Crippen LogP contribution in [0.3, 0.4) is 0 Å². The lowest BCUT2D eigenvalue weighted by Gasteiger charge is -2.46. The Balaban J connectivity index is 1.58. The highest BCUT2D eigenvalue weighted by Gasteiger charge is 2.57. The van der Waals surface area contributed by atoms with Gasteiger partial charge in [0.25, 0.3) is 0 Å². The molecule has 10 unspecified atom stereocenters. The fourth-order valence-corrected chi connectivity index (χ4v) is 9.34. The van der Waals surface area contributed by atoms with Crippen molar-refractivity contribution in [1.82, 2.24) is 0 Å². The highest BCUT2D eigenvalue weighted by molar-refractivity contribution is 6.12. The molecule has 3 saturated heterocycles. The number of amides is 2. The molecule has 3 aliphatic heterocycles. The first-order chi connectivity index (χ1) is 41.6. The Morgan fingerprint density at radius 2 is 0.587 bits per heavy atom. The number of esters is 8. The maximum absolute atomic E-state index is 14.5. The van der Waals surface area contributed by atoms with Crippen LogP contribution in [0.25, 0.3) is 0 Å². The number of nitrogens with zero attached hydrogens (tertiary/aromatic N) is 2. The van der Waals surface area contributed by atoms with Gasteiger partial charge in [-0.2, -0.15) is 0 Å². The van der Waals surface area contributed by atoms with Gasteiger partial charge in [-0.15, -0.1) is 0 Å². The third kappa shape index (κ3) is 18.7. The van der Waals surface area contributed by atoms with E-state index in [0.29, 0.717) is 33.6 Å². The summed E-state index contributed by atoms with van der Waals surface area (Å²) in [4.78, 5) is 142. The first-order valence-electron chi connectivity index (χ1n) is 31.4. The molecule has 0 spiro atoms. The van der Waals surface area contributed by atoms with Gasteiger partial charge in [0.15, 0.2) is 36.6 Å². The molecule has 0 aromatic heterocycles. The first kappa shape index (κ1) is 75.8. The molecule has 3 aliphatic rings. The van der Waals surface area contributed by atoms with E-state index in [4.69, 9.17) is 47.4 Å². The van der Waals surface area contributed by atoms with Crippen LogP contribution < -0.4 is 9.80 Å². The number of piperazine rings is 1. The van der Waals surface area contributed by atoms with Crippen molar-refractivity contribution in [3.8, 4) is 0 Å². The molecular weight excluding hydrogens is 1190 g/mol. The van der Waals surface area contributed by atoms with Crippen LogP contribution in [0.15, 0.2) is 36.4 Å². The number of aryl methyl sites for hydroxylation is 2. The highest BCUT2D eigenvalue weighted by Crippen LogP contribution is 2.45. The fourth-order valence-electron chi connectivity index (χ4n) is 9.34. The van der Waals surface area contributed by atoms with Crippen molar-refractivity contribution in [1.29, 1.82) is 0 Å². The number of hydrogen-bond donors (Lipinski definition) is 0. The molecule has 0 saturated carbocycles. The van der Waals surface area contributed by atoms with E-state index in [1.807, 2.05) is 0 Å². The van der Waals surface area contributed by atoms with Crippen molar-refractivity contribution >= 4 is 70.9 Å². The third-order valence-corrected chi connectivity index (χ3v) is 15.3. The summed E-state index contributed by atoms with van der Waals surface area (Å²) in [5.41, 5.74) is -6.08. The normalized spacial score (nSPS) is 23.8. The summed E-state index contributed by atoms with van der Waals surface area (Å²) in [5, 5.41) is 0. The maximum atomic E-state index is 14.5. The molecule has 3 heterocycles. The highest BCUT2D eigenvalue weighted by atomic mass is 16.7. The van der Waals surface area contributed by atoms with Crippen LogP contribution in [0, 0.1) is 57.2 Å². The lowest BCUT2D eigenvalue weighted by Crippen LogP contribution is -2.61. The Bertz CT molecular complexity index is 2920. The predicted molar refractivity (Wildman–Crippen MR) is 339 cm³/mol. The molecule has 22 heteroatoms. The van der Waals surface area contributed by atoms with Crippen molar-refractivity contribution in [3.05, 3.63) is 58.7 Å². The zero-order valence-electron chi connectivity index (χ0n) is 59.1. The Morgan fingerprint density at radius 1 is 0.359 bits per heavy atom. The Labute approximate surface area is 543 Å². The summed E-state index contributed by atoms with van der Waals surface area (Å²) in [5.74, 6) is -6.40. The van der Waals surface area contributed by atoms with Gasteiger partial charge in [-0.05, 0) is 227 Å². The minimum atomic E-state index is -1.52. The second-order valence-electron chi connectivity index (χ2n) is 32.6. The quantitative estimate of drug-likeness (QED) is 0.126. The molecule has 0 bridgehead atoms. The third-order valence-electron chi connectivity index (χ3n) is 15.3. The smallest absolute Gasteiger partial charge is 0.311 e. The Morgan fingerprint density at radius 3 is 0.815 bits per heavy atom. The molecule has 10 atom stereocenters. The second-order valence-corrected chi connectivity index (χ2v) is 32.6. The molecule has 0 aliphatic carbocycles. The standard InChI is InChI=1S/C70H102N2O20/c1-37-31-39(27-29-41(37)47-51(89-59(79)67(15,16)17)53(91-61(81)69(21,22)23)49(87-57(77)65(9,10)11)43(85-47)35-83-55(75)63(3,4)5)71-33-46(74)72(34-45(71)73)40-28-30-42(38(2)32-40)48-52(90-60(80)68(18,19)20)54(92-62(82)70(24,25)26)50(88-58(78)66(12,13)14)44(86-48)36-84-56(76)64(6,7)8/h27-32,43-44,47-54H,33-36H2,1-26H3. The molecular formula is C70H102N2O20. The van der Waals surface area contributed by atoms with Crippen LogP contribution >= 0.6 is 0 Å². The zero-order valence-corrected chi connectivity index (χ0v) is 59.1. The zero-order chi connectivity index (χ0) is 70.3. The molecule has 512 valence electrons. The van der Waals surface area contributed by atoms with Crippen LogP contribution in [0.5, 0.6) is 0 Å². The number of rotatable bonds is 14. The topological polar surface area (TPSA) is 269 Å². The van der Waals surface area contributed by atoms with Gasteiger partial charge in [-0.25, -0.2) is 0 Å². The minimum absolute atomic E-state index is 0.319. The summed E-state index contributed by atoms with van der Waals surface area (Å²) < 4.78 is 62.7. The van der Waals surface area contributed by atoms with Gasteiger partial charge in [0.1, 0.15) is 50.7 Å². The fraction of sp³-hybridized carbons (Fsp3) is 0.686. The van der Waals surface area contributed by atoms with E-state index in [1.54, 1.807) is 216 Å². The van der Waals surface area contributed by atoms with E-state index in [-0.39, 0.29) is 0 Å². The molecule has 2 amide bonds. The average Bonchev–Trinajstić information content (AvgIpc) is 0.764. The van der Waals surface area contributed by atoms with E-state index in [9.17, 15) is 47.9 Å². The van der Waals surface area contributed by atoms with Crippen LogP contribution in [-0.2, 0) is 95.3 Å². The van der Waals surface area contributed by atoms with Gasteiger partial charge < -0.3 is 57.2 Å². The number of anilines is 2. The number of carbonyl (C=O) groups is 10. The van der Waals surface area contributed by atoms with Gasteiger partial charge in [-0.3, -0.25) is 47.9 Å². The predicted octanol–water partition coefficient (Wildman–Crippen LogP) is 10.5. The molecule has 2 aromatic carbocycles. The van der Waals surface area contributed by atoms with E-state index < -0.39 is 190 Å². The molecule has 5 rings (SSSR count). The Hall–Kier alpha value is -6.94. The summed E-state index contributed by atoms with van der Waals surface area (Å²) in [6, 6.07) is 9.76. The SMILES string of the molecule is Cc1cc(N2CC(=O)N(c3ccc(C4OC(COC(=O)C(C)(C)C)C(OC(=O)C(C)(C)C)C(OC(=O)C(C)(C)C)C4OC(=O)C(C)(C)C)c(C)c3)CC2=O)ccc1C1OC(COC(=O)C(C)(C)C)C(OC(=O)C(C)(C)C)C(OC(=O)C(C)(C)C)C1OC(=O)C(C)(C)C. The second kappa shape index (κ2) is 27.6. The number of ether oxygens (including phenoxy) is 10. The van der Waals surface area contributed by atoms with E-state index >= 15 is 0 Å². The van der Waals surface area contributed by atoms with Gasteiger partial charge in [0, 0.05) is 11.4 Å². The maximum Gasteiger partial charge on any atom is 0.311 e. The summed E-state index contributed by atoms with van der Waals surface area (Å²) in [6.07, 6.45) is -14.0. The number of carbonyl (C=O) groups excluding carboxylic acids is 10. The lowest BCUT2D eigenvalue weighted by molar-refractivity contribution is -0.262. The van der Waals surface area contributed by atoms with E-state index in [0.717, 1.165) is 0 Å². The Kier molecular flexibility index (Phi) is 22.7. The molecule has 2 aromatic rings. The summed E-state index contributed by atoms with van der Waals surface area (Å²) >= 11 is 0. The van der Waals surface area contributed by atoms with Crippen LogP contribution in [0.1, 0.15) is 201 Å². The molecule has 92 heavy (non-hydrogen) atoms. The van der Waals surface area contributed by atoms with Crippen molar-refractivity contribution in [2.45, 2.75) is 241 Å². The number of benzene rings is 2. The van der Waals surface area contributed by atoms with E-state index in [2.05, 4.69) is 0 Å². The van der Waals surface area contributed by atoms with Crippen molar-refractivity contribution in [2.24, 2.45) is 43.3 Å². The largest absolute Gasteiger partial charge is 0.462 e. The van der Waals surface area contributed by atoms with Crippen LogP contribution in [-0.4, -0.2) is 135 Å². The van der Waals surface area contributed by atoms with Crippen molar-refractivity contribution in [3.63, 3.8) is 0 Å². The number of hydrogen-bond acceptors (Lipinski definition) is 20. The van der Waals surface area contributed by atoms with Gasteiger partial charge in [0.2, 0.25) is 11.8 Å². The molecule has 22 nitrogen and oxygen atoms in total. The van der Waals surface area contributed by atoms with Gasteiger partial charge in [-0.1, -0.05) is 12.1 Å². The first-order valence-corrected chi connectivity index (χ1v) is 31.4. The van der Waals surface area contributed by atoms with Gasteiger partial charge >= 0.3 is 47.8 Å². The lowest BCUT2D eigenvalue weighted by atomic mass is 9.87. The monoisotopic (exact) mass is 1290 g/mol. The summed E-state index contributed by atoms with van der Waals surface area (Å²) in [7, 11) is 0. The molecule has 3 fully saturated rings. The average molecular weight is 1290 g/mol.